The number of aliphatic hydroxyl groups is 1. The van der Waals surface area contributed by atoms with E-state index in [2.05, 4.69) is 5.32 Å². The fraction of sp³-hybridized carbons (Fsp3) is 0.923. The van der Waals surface area contributed by atoms with Gasteiger partial charge in [0.15, 0.2) is 9.84 Å². The third-order valence-electron chi connectivity index (χ3n) is 3.62. The van der Waals surface area contributed by atoms with Gasteiger partial charge in [-0.25, -0.2) is 8.42 Å². The van der Waals surface area contributed by atoms with E-state index >= 15 is 0 Å². The maximum atomic E-state index is 12.1. The minimum Gasteiger partial charge on any atom is -0.396 e. The number of aliphatic hydroxyl groups excluding tert-OH is 1. The van der Waals surface area contributed by atoms with E-state index in [1.165, 1.54) is 0 Å². The van der Waals surface area contributed by atoms with Gasteiger partial charge in [0.05, 0.1) is 23.6 Å². The molecule has 1 fully saturated rings. The van der Waals surface area contributed by atoms with Crippen molar-refractivity contribution in [3.05, 3.63) is 0 Å². The van der Waals surface area contributed by atoms with Crippen molar-refractivity contribution in [3.8, 4) is 0 Å². The molecule has 1 saturated heterocycles. The number of carbonyl (C=O) groups is 1. The minimum absolute atomic E-state index is 0.0179. The quantitative estimate of drug-likeness (QED) is 0.679. The smallest absolute Gasteiger partial charge is 0.234 e. The number of carbonyl (C=O) groups excluding carboxylic acids is 1. The van der Waals surface area contributed by atoms with Crippen LogP contribution < -0.4 is 5.32 Å². The van der Waals surface area contributed by atoms with Crippen LogP contribution in [0.1, 0.15) is 33.6 Å². The third kappa shape index (κ3) is 5.38. The van der Waals surface area contributed by atoms with Crippen molar-refractivity contribution in [2.75, 3.05) is 31.2 Å². The molecule has 1 heterocycles. The lowest BCUT2D eigenvalue weighted by Gasteiger charge is -2.29. The average molecular weight is 306 g/mol. The zero-order valence-corrected chi connectivity index (χ0v) is 13.4. The summed E-state index contributed by atoms with van der Waals surface area (Å²) in [5, 5.41) is 11.7. The molecule has 1 aliphatic rings. The maximum Gasteiger partial charge on any atom is 0.234 e. The predicted molar refractivity (Wildman–Crippen MR) is 78.2 cm³/mol. The summed E-state index contributed by atoms with van der Waals surface area (Å²) in [4.78, 5) is 14.1. The lowest BCUT2D eigenvalue weighted by atomic mass is 10.0. The standard InChI is InChI=1S/C13H26N2O4S/c1-11(2)15(6-4-7-16)9-12(17)14-13(3)5-8-20(18,19)10-13/h11,16H,4-10H2,1-3H3,(H,14,17). The molecule has 0 bridgehead atoms. The number of sulfone groups is 1. The number of hydrogen-bond acceptors (Lipinski definition) is 5. The molecule has 2 N–H and O–H groups in total. The molecule has 0 saturated carbocycles. The molecule has 0 aromatic heterocycles. The number of nitrogens with zero attached hydrogens (tertiary/aromatic N) is 1. The van der Waals surface area contributed by atoms with Crippen LogP contribution in [0.2, 0.25) is 0 Å². The topological polar surface area (TPSA) is 86.7 Å². The number of amides is 1. The van der Waals surface area contributed by atoms with Gasteiger partial charge in [-0.2, -0.15) is 0 Å². The summed E-state index contributed by atoms with van der Waals surface area (Å²) in [6.45, 7) is 6.74. The summed E-state index contributed by atoms with van der Waals surface area (Å²) < 4.78 is 23.0. The highest BCUT2D eigenvalue weighted by Gasteiger charge is 2.39. The Morgan fingerprint density at radius 2 is 2.10 bits per heavy atom. The molecule has 0 aromatic rings. The zero-order chi connectivity index (χ0) is 15.4. The Labute approximate surface area is 121 Å². The zero-order valence-electron chi connectivity index (χ0n) is 12.6. The van der Waals surface area contributed by atoms with E-state index in [4.69, 9.17) is 5.11 Å². The summed E-state index contributed by atoms with van der Waals surface area (Å²) in [5.74, 6) is 0.00271. The fourth-order valence-electron chi connectivity index (χ4n) is 2.46. The Hall–Kier alpha value is -0.660. The molecule has 0 aliphatic carbocycles. The van der Waals surface area contributed by atoms with Crippen molar-refractivity contribution in [2.45, 2.75) is 45.2 Å². The monoisotopic (exact) mass is 306 g/mol. The van der Waals surface area contributed by atoms with Gasteiger partial charge in [-0.05, 0) is 33.6 Å². The Kier molecular flexibility index (Phi) is 5.97. The van der Waals surface area contributed by atoms with E-state index < -0.39 is 15.4 Å². The average Bonchev–Trinajstić information content (AvgIpc) is 2.58. The first-order chi connectivity index (χ1) is 9.17. The van der Waals surface area contributed by atoms with E-state index in [1.54, 1.807) is 6.92 Å². The van der Waals surface area contributed by atoms with Crippen LogP contribution in [0.3, 0.4) is 0 Å². The molecule has 1 unspecified atom stereocenters. The van der Waals surface area contributed by atoms with E-state index in [1.807, 2.05) is 18.7 Å². The van der Waals surface area contributed by atoms with Crippen molar-refractivity contribution in [2.24, 2.45) is 0 Å². The lowest BCUT2D eigenvalue weighted by Crippen LogP contribution is -2.51. The molecule has 20 heavy (non-hydrogen) atoms. The highest BCUT2D eigenvalue weighted by molar-refractivity contribution is 7.91. The van der Waals surface area contributed by atoms with Crippen molar-refractivity contribution >= 4 is 15.7 Å². The number of rotatable bonds is 7. The summed E-state index contributed by atoms with van der Waals surface area (Å²) in [6.07, 6.45) is 1.09. The van der Waals surface area contributed by atoms with Crippen LogP contribution in [0.25, 0.3) is 0 Å². The normalized spacial score (nSPS) is 25.3. The van der Waals surface area contributed by atoms with Gasteiger partial charge < -0.3 is 10.4 Å². The summed E-state index contributed by atoms with van der Waals surface area (Å²) in [7, 11) is -3.02. The van der Waals surface area contributed by atoms with Gasteiger partial charge in [-0.1, -0.05) is 0 Å². The molecule has 1 aliphatic heterocycles. The Morgan fingerprint density at radius 1 is 1.45 bits per heavy atom. The van der Waals surface area contributed by atoms with Crippen LogP contribution in [0.4, 0.5) is 0 Å². The van der Waals surface area contributed by atoms with Gasteiger partial charge in [-0.3, -0.25) is 9.69 Å². The maximum absolute atomic E-state index is 12.1. The van der Waals surface area contributed by atoms with Gasteiger partial charge in [0.2, 0.25) is 5.91 Å². The second-order valence-corrected chi connectivity index (χ2v) is 8.28. The van der Waals surface area contributed by atoms with Gasteiger partial charge in [0.1, 0.15) is 0 Å². The van der Waals surface area contributed by atoms with Crippen molar-refractivity contribution in [1.82, 2.24) is 10.2 Å². The first kappa shape index (κ1) is 17.4. The van der Waals surface area contributed by atoms with Crippen LogP contribution in [-0.4, -0.2) is 67.1 Å². The summed E-state index contributed by atoms with van der Waals surface area (Å²) in [5.41, 5.74) is -0.643. The van der Waals surface area contributed by atoms with Gasteiger partial charge in [0.25, 0.3) is 0 Å². The molecule has 118 valence electrons. The van der Waals surface area contributed by atoms with Gasteiger partial charge >= 0.3 is 0 Å². The van der Waals surface area contributed by atoms with Crippen molar-refractivity contribution in [3.63, 3.8) is 0 Å². The van der Waals surface area contributed by atoms with Crippen molar-refractivity contribution < 1.29 is 18.3 Å². The number of nitrogens with one attached hydrogen (secondary N) is 1. The highest BCUT2D eigenvalue weighted by atomic mass is 32.2. The lowest BCUT2D eigenvalue weighted by molar-refractivity contribution is -0.124. The van der Waals surface area contributed by atoms with Crippen LogP contribution in [0.15, 0.2) is 0 Å². The molecule has 0 spiro atoms. The molecule has 6 nitrogen and oxygen atoms in total. The second kappa shape index (κ2) is 6.87. The van der Waals surface area contributed by atoms with E-state index in [0.29, 0.717) is 19.4 Å². The first-order valence-electron chi connectivity index (χ1n) is 7.04. The molecule has 1 atom stereocenters. The predicted octanol–water partition coefficient (Wildman–Crippen LogP) is -0.227. The third-order valence-corrected chi connectivity index (χ3v) is 5.53. The SMILES string of the molecule is CC(C)N(CCCO)CC(=O)NC1(C)CCS(=O)(=O)C1. The molecule has 1 amide bonds. The second-order valence-electron chi connectivity index (χ2n) is 6.09. The molecule has 7 heteroatoms. The Morgan fingerprint density at radius 3 is 2.55 bits per heavy atom. The molecular formula is C13H26N2O4S. The molecule has 1 rings (SSSR count). The molecule has 0 aromatic carbocycles. The van der Waals surface area contributed by atoms with Crippen LogP contribution in [0.5, 0.6) is 0 Å². The van der Waals surface area contributed by atoms with Crippen LogP contribution in [-0.2, 0) is 14.6 Å². The molecular weight excluding hydrogens is 280 g/mol. The number of hydrogen-bond donors (Lipinski definition) is 2. The highest BCUT2D eigenvalue weighted by Crippen LogP contribution is 2.22. The Bertz CT molecular complexity index is 436. The summed E-state index contributed by atoms with van der Waals surface area (Å²) >= 11 is 0. The molecule has 0 radical (unpaired) electrons. The Balaban J connectivity index is 2.53. The minimum atomic E-state index is -3.02. The van der Waals surface area contributed by atoms with Gasteiger partial charge in [-0.15, -0.1) is 0 Å². The van der Waals surface area contributed by atoms with E-state index in [9.17, 15) is 13.2 Å². The fourth-order valence-corrected chi connectivity index (χ4v) is 4.56. The largest absolute Gasteiger partial charge is 0.396 e. The summed E-state index contributed by atoms with van der Waals surface area (Å²) in [6, 6.07) is 0.201. The van der Waals surface area contributed by atoms with E-state index in [-0.39, 0.29) is 36.6 Å². The van der Waals surface area contributed by atoms with Crippen LogP contribution >= 0.6 is 0 Å². The van der Waals surface area contributed by atoms with Crippen molar-refractivity contribution in [1.29, 1.82) is 0 Å². The van der Waals surface area contributed by atoms with Crippen LogP contribution in [0, 0.1) is 0 Å². The van der Waals surface area contributed by atoms with E-state index in [0.717, 1.165) is 0 Å². The first-order valence-corrected chi connectivity index (χ1v) is 8.86. The van der Waals surface area contributed by atoms with Gasteiger partial charge in [0, 0.05) is 19.2 Å².